The summed E-state index contributed by atoms with van der Waals surface area (Å²) in [5, 5.41) is 0. The molecule has 0 unspecified atom stereocenters. The second-order valence-corrected chi connectivity index (χ2v) is 7.37. The van der Waals surface area contributed by atoms with E-state index in [9.17, 15) is 4.79 Å². The molecule has 3 heteroatoms. The van der Waals surface area contributed by atoms with Gasteiger partial charge in [-0.3, -0.25) is 9.69 Å². The van der Waals surface area contributed by atoms with Crippen molar-refractivity contribution in [2.75, 3.05) is 19.6 Å². The molecule has 0 N–H and O–H groups in total. The molecule has 2 aliphatic heterocycles. The first-order valence-electron chi connectivity index (χ1n) is 9.34. The Morgan fingerprint density at radius 3 is 2.56 bits per heavy atom. The molecule has 1 amide bonds. The normalized spacial score (nSPS) is 17.9. The Morgan fingerprint density at radius 1 is 1.04 bits per heavy atom. The Morgan fingerprint density at radius 2 is 1.76 bits per heavy atom. The van der Waals surface area contributed by atoms with Crippen LogP contribution in [0.3, 0.4) is 0 Å². The molecule has 0 radical (unpaired) electrons. The minimum absolute atomic E-state index is 0.303. The van der Waals surface area contributed by atoms with E-state index in [-0.39, 0.29) is 0 Å². The number of amides is 1. The smallest absolute Gasteiger partial charge is 0.223 e. The number of fused-ring (bicyclic) bond motifs is 1. The van der Waals surface area contributed by atoms with Gasteiger partial charge in [0.1, 0.15) is 0 Å². The number of hydrogen-bond acceptors (Lipinski definition) is 2. The first-order valence-corrected chi connectivity index (χ1v) is 9.34. The molecular formula is C22H26N2O. The second-order valence-electron chi connectivity index (χ2n) is 7.37. The number of carbonyl (C=O) groups is 1. The molecule has 0 bridgehead atoms. The summed E-state index contributed by atoms with van der Waals surface area (Å²) in [6.07, 6.45) is 2.61. The predicted molar refractivity (Wildman–Crippen MR) is 100 cm³/mol. The average Bonchev–Trinajstić information content (AvgIpc) is 2.60. The minimum atomic E-state index is 0.303. The van der Waals surface area contributed by atoms with Gasteiger partial charge in [0.15, 0.2) is 0 Å². The van der Waals surface area contributed by atoms with Crippen LogP contribution < -0.4 is 0 Å². The van der Waals surface area contributed by atoms with Crippen molar-refractivity contribution >= 4 is 5.91 Å². The first kappa shape index (κ1) is 16.3. The van der Waals surface area contributed by atoms with E-state index in [1.807, 2.05) is 4.90 Å². The number of nitrogens with zero attached hydrogens (tertiary/aromatic N) is 2. The van der Waals surface area contributed by atoms with Crippen molar-refractivity contribution in [2.45, 2.75) is 38.8 Å². The van der Waals surface area contributed by atoms with Crippen molar-refractivity contribution in [2.24, 2.45) is 0 Å². The molecular weight excluding hydrogens is 308 g/mol. The molecule has 0 spiro atoms. The summed E-state index contributed by atoms with van der Waals surface area (Å²) < 4.78 is 0. The number of rotatable bonds is 4. The topological polar surface area (TPSA) is 23.6 Å². The van der Waals surface area contributed by atoms with Crippen molar-refractivity contribution < 1.29 is 4.79 Å². The molecule has 1 saturated heterocycles. The van der Waals surface area contributed by atoms with Crippen LogP contribution in [0.5, 0.6) is 0 Å². The third kappa shape index (κ3) is 3.47. The summed E-state index contributed by atoms with van der Waals surface area (Å²) in [6.45, 7) is 6.07. The van der Waals surface area contributed by atoms with Gasteiger partial charge in [0.05, 0.1) is 0 Å². The summed E-state index contributed by atoms with van der Waals surface area (Å²) in [4.78, 5) is 17.0. The Labute approximate surface area is 150 Å². The van der Waals surface area contributed by atoms with Gasteiger partial charge in [0, 0.05) is 38.6 Å². The standard InChI is InChI=1S/C22H26N2O/c1-17-6-2-3-7-18(17)10-11-22(25)24-15-21(16-24)23-13-12-19-8-4-5-9-20(19)14-23/h2-9,21H,10-16H2,1H3. The molecule has 0 atom stereocenters. The molecule has 2 heterocycles. The van der Waals surface area contributed by atoms with Crippen LogP contribution in [-0.4, -0.2) is 41.4 Å². The molecule has 2 aromatic rings. The zero-order valence-corrected chi connectivity index (χ0v) is 14.9. The molecule has 0 saturated carbocycles. The predicted octanol–water partition coefficient (Wildman–Crippen LogP) is 3.20. The Hall–Kier alpha value is -2.13. The maximum Gasteiger partial charge on any atom is 0.223 e. The van der Waals surface area contributed by atoms with Gasteiger partial charge in [0.25, 0.3) is 0 Å². The van der Waals surface area contributed by atoms with E-state index >= 15 is 0 Å². The quantitative estimate of drug-likeness (QED) is 0.857. The summed E-state index contributed by atoms with van der Waals surface area (Å²) in [5.41, 5.74) is 5.52. The third-order valence-electron chi connectivity index (χ3n) is 5.76. The van der Waals surface area contributed by atoms with Crippen LogP contribution in [0.25, 0.3) is 0 Å². The van der Waals surface area contributed by atoms with Crippen LogP contribution >= 0.6 is 0 Å². The zero-order valence-electron chi connectivity index (χ0n) is 14.9. The molecule has 0 aliphatic carbocycles. The monoisotopic (exact) mass is 334 g/mol. The maximum atomic E-state index is 12.4. The number of carbonyl (C=O) groups excluding carboxylic acids is 1. The van der Waals surface area contributed by atoms with E-state index in [4.69, 9.17) is 0 Å². The van der Waals surface area contributed by atoms with Gasteiger partial charge in [0.2, 0.25) is 5.91 Å². The van der Waals surface area contributed by atoms with Crippen molar-refractivity contribution in [3.63, 3.8) is 0 Å². The van der Waals surface area contributed by atoms with E-state index in [1.165, 1.54) is 22.3 Å². The van der Waals surface area contributed by atoms with Crippen LogP contribution in [-0.2, 0) is 24.2 Å². The molecule has 25 heavy (non-hydrogen) atoms. The summed E-state index contributed by atoms with van der Waals surface area (Å²) in [7, 11) is 0. The van der Waals surface area contributed by atoms with Crippen LogP contribution in [0, 0.1) is 6.92 Å². The minimum Gasteiger partial charge on any atom is -0.339 e. The van der Waals surface area contributed by atoms with Crippen LogP contribution in [0.2, 0.25) is 0 Å². The number of likely N-dealkylation sites (tertiary alicyclic amines) is 1. The zero-order chi connectivity index (χ0) is 17.2. The van der Waals surface area contributed by atoms with Crippen molar-refractivity contribution in [1.82, 2.24) is 9.80 Å². The lowest BCUT2D eigenvalue weighted by atomic mass is 9.96. The highest BCUT2D eigenvalue weighted by Crippen LogP contribution is 2.25. The highest BCUT2D eigenvalue weighted by molar-refractivity contribution is 5.77. The fourth-order valence-corrected chi connectivity index (χ4v) is 4.01. The molecule has 130 valence electrons. The van der Waals surface area contributed by atoms with Gasteiger partial charge in [-0.25, -0.2) is 0 Å². The maximum absolute atomic E-state index is 12.4. The fraction of sp³-hybridized carbons (Fsp3) is 0.409. The van der Waals surface area contributed by atoms with E-state index in [2.05, 4.69) is 60.4 Å². The largest absolute Gasteiger partial charge is 0.339 e. The van der Waals surface area contributed by atoms with Gasteiger partial charge in [-0.15, -0.1) is 0 Å². The lowest BCUT2D eigenvalue weighted by Gasteiger charge is -2.47. The summed E-state index contributed by atoms with van der Waals surface area (Å²) in [6, 6.07) is 17.6. The Bertz CT molecular complexity index is 764. The van der Waals surface area contributed by atoms with Gasteiger partial charge in [-0.1, -0.05) is 48.5 Å². The van der Waals surface area contributed by atoms with Crippen molar-refractivity contribution in [1.29, 1.82) is 0 Å². The third-order valence-corrected chi connectivity index (χ3v) is 5.76. The fourth-order valence-electron chi connectivity index (χ4n) is 4.01. The SMILES string of the molecule is Cc1ccccc1CCC(=O)N1CC(N2CCc3ccccc3C2)C1. The van der Waals surface area contributed by atoms with Gasteiger partial charge in [-0.2, -0.15) is 0 Å². The lowest BCUT2D eigenvalue weighted by Crippen LogP contribution is -2.61. The van der Waals surface area contributed by atoms with Crippen LogP contribution in [0.15, 0.2) is 48.5 Å². The molecule has 1 fully saturated rings. The molecule has 3 nitrogen and oxygen atoms in total. The van der Waals surface area contributed by atoms with Crippen LogP contribution in [0.4, 0.5) is 0 Å². The second kappa shape index (κ2) is 7.01. The number of hydrogen-bond donors (Lipinski definition) is 0. The van der Waals surface area contributed by atoms with Crippen molar-refractivity contribution in [3.05, 3.63) is 70.8 Å². The molecule has 2 aliphatic rings. The van der Waals surface area contributed by atoms with Crippen LogP contribution in [0.1, 0.15) is 28.7 Å². The van der Waals surface area contributed by atoms with E-state index < -0.39 is 0 Å². The summed E-state index contributed by atoms with van der Waals surface area (Å²) >= 11 is 0. The van der Waals surface area contributed by atoms with Crippen molar-refractivity contribution in [3.8, 4) is 0 Å². The molecule has 0 aromatic heterocycles. The molecule has 2 aromatic carbocycles. The Balaban J connectivity index is 1.26. The highest BCUT2D eigenvalue weighted by atomic mass is 16.2. The van der Waals surface area contributed by atoms with Gasteiger partial charge < -0.3 is 4.90 Å². The van der Waals surface area contributed by atoms with E-state index in [0.29, 0.717) is 18.4 Å². The highest BCUT2D eigenvalue weighted by Gasteiger charge is 2.35. The van der Waals surface area contributed by atoms with E-state index in [1.54, 1.807) is 0 Å². The lowest BCUT2D eigenvalue weighted by molar-refractivity contribution is -0.138. The number of aryl methyl sites for hydroxylation is 2. The number of benzene rings is 2. The van der Waals surface area contributed by atoms with E-state index in [0.717, 1.165) is 39.0 Å². The summed E-state index contributed by atoms with van der Waals surface area (Å²) in [5.74, 6) is 0.303. The first-order chi connectivity index (χ1) is 12.2. The molecule has 4 rings (SSSR count). The average molecular weight is 334 g/mol. The Kier molecular flexibility index (Phi) is 4.58. The van der Waals surface area contributed by atoms with Gasteiger partial charge in [-0.05, 0) is 42.0 Å². The van der Waals surface area contributed by atoms with Gasteiger partial charge >= 0.3 is 0 Å².